The van der Waals surface area contributed by atoms with Crippen LogP contribution in [0.1, 0.15) is 24.1 Å². The standard InChI is InChI=1S/C15H16N4/c1-2-19-10-11(9-18-19)15(16)13-7-8-17-14-6-4-3-5-12(13)14/h3-10,15H,2,16H2,1H3. The second kappa shape index (κ2) is 4.82. The first-order chi connectivity index (χ1) is 9.29. The molecule has 0 radical (unpaired) electrons. The summed E-state index contributed by atoms with van der Waals surface area (Å²) in [6.07, 6.45) is 5.64. The Labute approximate surface area is 111 Å². The van der Waals surface area contributed by atoms with Crippen molar-refractivity contribution in [2.75, 3.05) is 0 Å². The summed E-state index contributed by atoms with van der Waals surface area (Å²) in [5.74, 6) is 0. The molecule has 0 saturated heterocycles. The minimum absolute atomic E-state index is 0.173. The zero-order valence-electron chi connectivity index (χ0n) is 10.8. The van der Waals surface area contributed by atoms with Crippen LogP contribution in [0.5, 0.6) is 0 Å². The Balaban J connectivity index is 2.08. The summed E-state index contributed by atoms with van der Waals surface area (Å²) in [6.45, 7) is 2.91. The zero-order valence-corrected chi connectivity index (χ0v) is 10.8. The molecular weight excluding hydrogens is 236 g/mol. The Kier molecular flexibility index (Phi) is 3.01. The van der Waals surface area contributed by atoms with E-state index in [4.69, 9.17) is 5.73 Å². The third-order valence-corrected chi connectivity index (χ3v) is 3.35. The normalized spacial score (nSPS) is 12.7. The number of fused-ring (bicyclic) bond motifs is 1. The number of nitrogens with two attached hydrogens (primary N) is 1. The lowest BCUT2D eigenvalue weighted by Crippen LogP contribution is -2.11. The first kappa shape index (κ1) is 11.9. The van der Waals surface area contributed by atoms with Gasteiger partial charge in [-0.2, -0.15) is 5.10 Å². The van der Waals surface area contributed by atoms with E-state index in [0.717, 1.165) is 28.6 Å². The van der Waals surface area contributed by atoms with Crippen LogP contribution in [0.15, 0.2) is 48.9 Å². The van der Waals surface area contributed by atoms with E-state index in [9.17, 15) is 0 Å². The second-order valence-corrected chi connectivity index (χ2v) is 4.52. The molecule has 2 heterocycles. The lowest BCUT2D eigenvalue weighted by Gasteiger charge is -2.12. The van der Waals surface area contributed by atoms with Crippen molar-refractivity contribution >= 4 is 10.9 Å². The molecule has 0 bridgehead atoms. The van der Waals surface area contributed by atoms with Crippen molar-refractivity contribution in [2.24, 2.45) is 5.73 Å². The molecule has 3 rings (SSSR count). The molecule has 0 amide bonds. The fourth-order valence-corrected chi connectivity index (χ4v) is 2.28. The SMILES string of the molecule is CCn1cc(C(N)c2ccnc3ccccc23)cn1. The Morgan fingerprint density at radius 3 is 2.89 bits per heavy atom. The van der Waals surface area contributed by atoms with Gasteiger partial charge < -0.3 is 5.73 Å². The van der Waals surface area contributed by atoms with Crippen LogP contribution in [-0.4, -0.2) is 14.8 Å². The number of aromatic nitrogens is 3. The summed E-state index contributed by atoms with van der Waals surface area (Å²) >= 11 is 0. The van der Waals surface area contributed by atoms with Gasteiger partial charge in [-0.25, -0.2) is 0 Å². The van der Waals surface area contributed by atoms with Crippen LogP contribution < -0.4 is 5.73 Å². The van der Waals surface area contributed by atoms with Crippen LogP contribution in [0.25, 0.3) is 10.9 Å². The number of rotatable bonds is 3. The van der Waals surface area contributed by atoms with E-state index >= 15 is 0 Å². The summed E-state index contributed by atoms with van der Waals surface area (Å²) in [7, 11) is 0. The highest BCUT2D eigenvalue weighted by Crippen LogP contribution is 2.25. The van der Waals surface area contributed by atoms with Gasteiger partial charge in [0.25, 0.3) is 0 Å². The van der Waals surface area contributed by atoms with E-state index in [2.05, 4.69) is 23.1 Å². The predicted octanol–water partition coefficient (Wildman–Crippen LogP) is 2.50. The van der Waals surface area contributed by atoms with Gasteiger partial charge in [-0.1, -0.05) is 18.2 Å². The maximum atomic E-state index is 6.37. The van der Waals surface area contributed by atoms with Crippen molar-refractivity contribution in [3.8, 4) is 0 Å². The smallest absolute Gasteiger partial charge is 0.0705 e. The average molecular weight is 252 g/mol. The third kappa shape index (κ3) is 2.11. The van der Waals surface area contributed by atoms with Gasteiger partial charge in [-0.05, 0) is 24.6 Å². The van der Waals surface area contributed by atoms with Crippen molar-refractivity contribution in [2.45, 2.75) is 19.5 Å². The molecule has 1 aromatic carbocycles. The van der Waals surface area contributed by atoms with Gasteiger partial charge >= 0.3 is 0 Å². The maximum Gasteiger partial charge on any atom is 0.0705 e. The van der Waals surface area contributed by atoms with Crippen molar-refractivity contribution < 1.29 is 0 Å². The lowest BCUT2D eigenvalue weighted by molar-refractivity contribution is 0.658. The van der Waals surface area contributed by atoms with E-state index in [0.29, 0.717) is 0 Å². The summed E-state index contributed by atoms with van der Waals surface area (Å²) < 4.78 is 1.89. The van der Waals surface area contributed by atoms with Crippen LogP contribution in [0.2, 0.25) is 0 Å². The van der Waals surface area contributed by atoms with Gasteiger partial charge in [-0.15, -0.1) is 0 Å². The van der Waals surface area contributed by atoms with Crippen LogP contribution in [-0.2, 0) is 6.54 Å². The molecule has 19 heavy (non-hydrogen) atoms. The highest BCUT2D eigenvalue weighted by atomic mass is 15.3. The molecule has 1 unspecified atom stereocenters. The van der Waals surface area contributed by atoms with Crippen LogP contribution >= 0.6 is 0 Å². The Bertz CT molecular complexity index is 697. The van der Waals surface area contributed by atoms with Crippen molar-refractivity contribution in [1.29, 1.82) is 0 Å². The topological polar surface area (TPSA) is 56.7 Å². The lowest BCUT2D eigenvalue weighted by atomic mass is 9.99. The molecule has 3 aromatic rings. The molecule has 96 valence electrons. The summed E-state index contributed by atoms with van der Waals surface area (Å²) in [5.41, 5.74) is 9.45. The number of para-hydroxylation sites is 1. The van der Waals surface area contributed by atoms with E-state index in [-0.39, 0.29) is 6.04 Å². The van der Waals surface area contributed by atoms with E-state index < -0.39 is 0 Å². The Morgan fingerprint density at radius 1 is 1.26 bits per heavy atom. The summed E-state index contributed by atoms with van der Waals surface area (Å²) in [6, 6.07) is 9.86. The number of pyridine rings is 1. The molecule has 0 aliphatic carbocycles. The minimum atomic E-state index is -0.173. The average Bonchev–Trinajstić information content (AvgIpc) is 2.95. The number of hydrogen-bond acceptors (Lipinski definition) is 3. The molecule has 4 heteroatoms. The highest BCUT2D eigenvalue weighted by Gasteiger charge is 2.14. The van der Waals surface area contributed by atoms with Crippen LogP contribution in [0, 0.1) is 0 Å². The number of benzene rings is 1. The molecular formula is C15H16N4. The first-order valence-corrected chi connectivity index (χ1v) is 6.41. The second-order valence-electron chi connectivity index (χ2n) is 4.52. The zero-order chi connectivity index (χ0) is 13.2. The molecule has 0 fully saturated rings. The largest absolute Gasteiger partial charge is 0.320 e. The minimum Gasteiger partial charge on any atom is -0.320 e. The van der Waals surface area contributed by atoms with Crippen molar-refractivity contribution in [3.05, 3.63) is 60.0 Å². The molecule has 1 atom stereocenters. The van der Waals surface area contributed by atoms with Crippen LogP contribution in [0.3, 0.4) is 0 Å². The molecule has 4 nitrogen and oxygen atoms in total. The van der Waals surface area contributed by atoms with Gasteiger partial charge in [0, 0.05) is 29.9 Å². The van der Waals surface area contributed by atoms with Gasteiger partial charge in [-0.3, -0.25) is 9.67 Å². The quantitative estimate of drug-likeness (QED) is 0.779. The van der Waals surface area contributed by atoms with Crippen molar-refractivity contribution in [3.63, 3.8) is 0 Å². The number of hydrogen-bond donors (Lipinski definition) is 1. The van der Waals surface area contributed by atoms with Gasteiger partial charge in [0.2, 0.25) is 0 Å². The molecule has 2 N–H and O–H groups in total. The molecule has 0 aliphatic rings. The summed E-state index contributed by atoms with van der Waals surface area (Å²) in [4.78, 5) is 4.36. The summed E-state index contributed by atoms with van der Waals surface area (Å²) in [5, 5.41) is 5.38. The van der Waals surface area contributed by atoms with Crippen LogP contribution in [0.4, 0.5) is 0 Å². The van der Waals surface area contributed by atoms with E-state index in [1.165, 1.54) is 0 Å². The first-order valence-electron chi connectivity index (χ1n) is 6.41. The molecule has 2 aromatic heterocycles. The number of aryl methyl sites for hydroxylation is 1. The maximum absolute atomic E-state index is 6.37. The number of nitrogens with zero attached hydrogens (tertiary/aromatic N) is 3. The van der Waals surface area contributed by atoms with Gasteiger partial charge in [0.15, 0.2) is 0 Å². The van der Waals surface area contributed by atoms with Gasteiger partial charge in [0.05, 0.1) is 17.8 Å². The molecule has 0 aliphatic heterocycles. The van der Waals surface area contributed by atoms with E-state index in [1.807, 2.05) is 47.5 Å². The predicted molar refractivity (Wildman–Crippen MR) is 75.7 cm³/mol. The highest BCUT2D eigenvalue weighted by molar-refractivity contribution is 5.82. The fraction of sp³-hybridized carbons (Fsp3) is 0.200. The monoisotopic (exact) mass is 252 g/mol. The molecule has 0 saturated carbocycles. The molecule has 0 spiro atoms. The van der Waals surface area contributed by atoms with E-state index in [1.54, 1.807) is 0 Å². The van der Waals surface area contributed by atoms with Gasteiger partial charge in [0.1, 0.15) is 0 Å². The fourth-order valence-electron chi connectivity index (χ4n) is 2.28. The Morgan fingerprint density at radius 2 is 2.11 bits per heavy atom. The van der Waals surface area contributed by atoms with Crippen molar-refractivity contribution in [1.82, 2.24) is 14.8 Å². The Hall–Kier alpha value is -2.20. The third-order valence-electron chi connectivity index (χ3n) is 3.35.